The molecule has 0 aliphatic heterocycles. The average Bonchev–Trinajstić information content (AvgIpc) is 2.97. The van der Waals surface area contributed by atoms with E-state index in [4.69, 9.17) is 4.42 Å². The lowest BCUT2D eigenvalue weighted by Gasteiger charge is -2.12. The van der Waals surface area contributed by atoms with Gasteiger partial charge in [-0.2, -0.15) is 13.2 Å². The van der Waals surface area contributed by atoms with Crippen LogP contribution in [0.4, 0.5) is 18.9 Å². The third-order valence-electron chi connectivity index (χ3n) is 3.34. The number of benzene rings is 1. The number of anilines is 1. The van der Waals surface area contributed by atoms with Crippen LogP contribution in [0.5, 0.6) is 0 Å². The van der Waals surface area contributed by atoms with Crippen LogP contribution < -0.4 is 10.6 Å². The Bertz CT molecular complexity index is 795. The molecule has 0 unspecified atom stereocenters. The number of hydrogen-bond donors (Lipinski definition) is 2. The smallest absolute Gasteiger partial charge is 0.416 e. The second-order valence-corrected chi connectivity index (χ2v) is 5.77. The van der Waals surface area contributed by atoms with E-state index in [1.807, 2.05) is 0 Å². The molecule has 5 nitrogen and oxygen atoms in total. The minimum absolute atomic E-state index is 0.0516. The quantitative estimate of drug-likeness (QED) is 0.872. The van der Waals surface area contributed by atoms with Gasteiger partial charge < -0.3 is 15.1 Å². The van der Waals surface area contributed by atoms with Crippen LogP contribution in [0.25, 0.3) is 0 Å². The first-order chi connectivity index (χ1) is 11.6. The summed E-state index contributed by atoms with van der Waals surface area (Å²) in [5.41, 5.74) is -0.318. The lowest BCUT2D eigenvalue weighted by atomic mass is 10.1. The van der Waals surface area contributed by atoms with Crippen LogP contribution in [0.2, 0.25) is 0 Å². The van der Waals surface area contributed by atoms with E-state index in [2.05, 4.69) is 10.6 Å². The van der Waals surface area contributed by atoms with Gasteiger partial charge in [-0.25, -0.2) is 0 Å². The number of halogens is 3. The normalized spacial score (nSPS) is 11.5. The fourth-order valence-corrected chi connectivity index (χ4v) is 2.16. The van der Waals surface area contributed by atoms with Crippen molar-refractivity contribution < 1.29 is 27.2 Å². The fraction of sp³-hybridized carbons (Fsp3) is 0.294. The molecule has 0 bridgehead atoms. The summed E-state index contributed by atoms with van der Waals surface area (Å²) >= 11 is 0. The lowest BCUT2D eigenvalue weighted by Crippen LogP contribution is -2.31. The average molecular weight is 354 g/mol. The molecule has 134 valence electrons. The Hall–Kier alpha value is -2.77. The Morgan fingerprint density at radius 3 is 2.36 bits per heavy atom. The van der Waals surface area contributed by atoms with Gasteiger partial charge >= 0.3 is 6.18 Å². The maximum Gasteiger partial charge on any atom is 0.416 e. The Kier molecular flexibility index (Phi) is 5.20. The fourth-order valence-electron chi connectivity index (χ4n) is 2.16. The largest absolute Gasteiger partial charge is 0.458 e. The highest BCUT2D eigenvalue weighted by molar-refractivity contribution is 6.10. The molecule has 1 heterocycles. The van der Waals surface area contributed by atoms with E-state index in [9.17, 15) is 22.8 Å². The molecule has 0 saturated carbocycles. The number of alkyl halides is 3. The molecule has 2 aromatic rings. The number of hydrogen-bond acceptors (Lipinski definition) is 3. The molecule has 0 atom stereocenters. The summed E-state index contributed by atoms with van der Waals surface area (Å²) in [6.07, 6.45) is -3.26. The van der Waals surface area contributed by atoms with Crippen LogP contribution in [-0.2, 0) is 6.18 Å². The molecule has 1 aromatic carbocycles. The molecule has 0 fully saturated rings. The van der Waals surface area contributed by atoms with Gasteiger partial charge in [0, 0.05) is 11.7 Å². The Balaban J connectivity index is 2.21. The molecule has 2 N–H and O–H groups in total. The minimum Gasteiger partial charge on any atom is -0.458 e. The van der Waals surface area contributed by atoms with Crippen LogP contribution in [0.3, 0.4) is 0 Å². The van der Waals surface area contributed by atoms with Crippen LogP contribution in [0.15, 0.2) is 34.9 Å². The van der Waals surface area contributed by atoms with Gasteiger partial charge in [0.2, 0.25) is 5.76 Å². The molecule has 2 rings (SSSR count). The second kappa shape index (κ2) is 7.00. The standard InChI is InChI=1S/C17H17F3N2O3/c1-9(2)21-15(23)12-6-7-25-14(12)16(24)22-13-5-4-11(8-10(13)3)17(18,19)20/h4-9H,1-3H3,(H,21,23)(H,22,24). The maximum atomic E-state index is 12.7. The zero-order valence-electron chi connectivity index (χ0n) is 13.8. The monoisotopic (exact) mass is 354 g/mol. The second-order valence-electron chi connectivity index (χ2n) is 5.77. The van der Waals surface area contributed by atoms with Crippen molar-refractivity contribution in [3.8, 4) is 0 Å². The van der Waals surface area contributed by atoms with Gasteiger partial charge in [0.05, 0.1) is 17.4 Å². The predicted molar refractivity (Wildman–Crippen MR) is 85.4 cm³/mol. The van der Waals surface area contributed by atoms with E-state index in [0.29, 0.717) is 0 Å². The first kappa shape index (κ1) is 18.6. The minimum atomic E-state index is -4.46. The van der Waals surface area contributed by atoms with Crippen molar-refractivity contribution in [1.29, 1.82) is 0 Å². The summed E-state index contributed by atoms with van der Waals surface area (Å²) in [5, 5.41) is 5.10. The van der Waals surface area contributed by atoms with Crippen molar-refractivity contribution in [1.82, 2.24) is 5.32 Å². The van der Waals surface area contributed by atoms with Crippen LogP contribution in [-0.4, -0.2) is 17.9 Å². The summed E-state index contributed by atoms with van der Waals surface area (Å²) in [4.78, 5) is 24.4. The molecule has 0 aliphatic carbocycles. The van der Waals surface area contributed by atoms with Gasteiger partial charge in [0.25, 0.3) is 11.8 Å². The molecular formula is C17H17F3N2O3. The highest BCUT2D eigenvalue weighted by Crippen LogP contribution is 2.31. The van der Waals surface area contributed by atoms with E-state index in [0.717, 1.165) is 18.2 Å². The molecule has 8 heteroatoms. The van der Waals surface area contributed by atoms with Crippen LogP contribution >= 0.6 is 0 Å². The van der Waals surface area contributed by atoms with Crippen molar-refractivity contribution in [3.05, 3.63) is 53.0 Å². The van der Waals surface area contributed by atoms with E-state index in [1.54, 1.807) is 13.8 Å². The number of aryl methyl sites for hydroxylation is 1. The molecule has 0 aliphatic rings. The summed E-state index contributed by atoms with van der Waals surface area (Å²) in [6.45, 7) is 4.98. The van der Waals surface area contributed by atoms with E-state index >= 15 is 0 Å². The molecule has 2 amide bonds. The third-order valence-corrected chi connectivity index (χ3v) is 3.34. The summed E-state index contributed by atoms with van der Waals surface area (Å²) in [5.74, 6) is -1.41. The van der Waals surface area contributed by atoms with Gasteiger partial charge in [-0.15, -0.1) is 0 Å². The third kappa shape index (κ3) is 4.40. The molecule has 1 aromatic heterocycles. The number of amides is 2. The molecule has 0 spiro atoms. The van der Waals surface area contributed by atoms with E-state index in [-0.39, 0.29) is 28.6 Å². The lowest BCUT2D eigenvalue weighted by molar-refractivity contribution is -0.137. The predicted octanol–water partition coefficient (Wildman–Crippen LogP) is 4.00. The van der Waals surface area contributed by atoms with Crippen molar-refractivity contribution in [2.45, 2.75) is 33.0 Å². The van der Waals surface area contributed by atoms with Gasteiger partial charge in [0.15, 0.2) is 0 Å². The number of carbonyl (C=O) groups excluding carboxylic acids is 2. The summed E-state index contributed by atoms with van der Waals surface area (Å²) in [7, 11) is 0. The van der Waals surface area contributed by atoms with Gasteiger partial charge in [-0.05, 0) is 50.6 Å². The van der Waals surface area contributed by atoms with Gasteiger partial charge in [0.1, 0.15) is 0 Å². The van der Waals surface area contributed by atoms with Crippen LogP contribution in [0, 0.1) is 6.92 Å². The van der Waals surface area contributed by atoms with E-state index in [1.165, 1.54) is 19.3 Å². The molecule has 0 saturated heterocycles. The SMILES string of the molecule is Cc1cc(C(F)(F)F)ccc1NC(=O)c1occc1C(=O)NC(C)C. The van der Waals surface area contributed by atoms with Gasteiger partial charge in [-0.3, -0.25) is 9.59 Å². The number of rotatable bonds is 4. The Labute approximate surface area is 142 Å². The van der Waals surface area contributed by atoms with Crippen LogP contribution in [0.1, 0.15) is 45.9 Å². The maximum absolute atomic E-state index is 12.7. The van der Waals surface area contributed by atoms with Crippen molar-refractivity contribution in [3.63, 3.8) is 0 Å². The topological polar surface area (TPSA) is 71.3 Å². The first-order valence-corrected chi connectivity index (χ1v) is 7.47. The Morgan fingerprint density at radius 1 is 1.12 bits per heavy atom. The number of carbonyl (C=O) groups is 2. The van der Waals surface area contributed by atoms with Crippen molar-refractivity contribution in [2.75, 3.05) is 5.32 Å². The summed E-state index contributed by atoms with van der Waals surface area (Å²) < 4.78 is 43.1. The van der Waals surface area contributed by atoms with Gasteiger partial charge in [-0.1, -0.05) is 0 Å². The van der Waals surface area contributed by atoms with Crippen molar-refractivity contribution >= 4 is 17.5 Å². The first-order valence-electron chi connectivity index (χ1n) is 7.47. The summed E-state index contributed by atoms with van der Waals surface area (Å²) in [6, 6.07) is 4.19. The van der Waals surface area contributed by atoms with E-state index < -0.39 is 23.6 Å². The Morgan fingerprint density at radius 2 is 1.80 bits per heavy atom. The highest BCUT2D eigenvalue weighted by Gasteiger charge is 2.31. The zero-order valence-corrected chi connectivity index (χ0v) is 13.8. The number of nitrogens with one attached hydrogen (secondary N) is 2. The molecule has 0 radical (unpaired) electrons. The number of furan rings is 1. The zero-order chi connectivity index (χ0) is 18.8. The molecule has 25 heavy (non-hydrogen) atoms. The van der Waals surface area contributed by atoms with Crippen molar-refractivity contribution in [2.24, 2.45) is 0 Å². The molecular weight excluding hydrogens is 337 g/mol. The highest BCUT2D eigenvalue weighted by atomic mass is 19.4.